The third-order valence-corrected chi connectivity index (χ3v) is 4.52. The van der Waals surface area contributed by atoms with E-state index in [9.17, 15) is 4.79 Å². The second kappa shape index (κ2) is 6.86. The fourth-order valence-electron chi connectivity index (χ4n) is 3.17. The van der Waals surface area contributed by atoms with Crippen LogP contribution >= 0.6 is 0 Å². The molecule has 3 rings (SSSR count). The number of rotatable bonds is 5. The number of hydrogen-bond donors (Lipinski definition) is 1. The summed E-state index contributed by atoms with van der Waals surface area (Å²) < 4.78 is 5.13. The number of aryl methyl sites for hydroxylation is 2. The first-order chi connectivity index (χ1) is 11.2. The molecule has 0 bridgehead atoms. The minimum Gasteiger partial charge on any atom is -0.497 e. The van der Waals surface area contributed by atoms with E-state index in [1.54, 1.807) is 7.11 Å². The number of hydrogen-bond acceptors (Lipinski definition) is 2. The normalized spacial score (nSPS) is 14.2. The van der Waals surface area contributed by atoms with Crippen LogP contribution in [-0.2, 0) is 24.1 Å². The maximum Gasteiger partial charge on any atom is 0.224 e. The SMILES string of the molecule is COc1ccc(CC(=O)NC(C)c2ccc3c(c2)CCC3)cc1. The second-order valence-electron chi connectivity index (χ2n) is 6.20. The van der Waals surface area contributed by atoms with Crippen LogP contribution in [0.2, 0.25) is 0 Å². The van der Waals surface area contributed by atoms with Crippen LogP contribution in [-0.4, -0.2) is 13.0 Å². The minimum absolute atomic E-state index is 0.0339. The van der Waals surface area contributed by atoms with Crippen molar-refractivity contribution >= 4 is 5.91 Å². The third kappa shape index (κ3) is 3.73. The van der Waals surface area contributed by atoms with E-state index < -0.39 is 0 Å². The van der Waals surface area contributed by atoms with Gasteiger partial charge in [0.15, 0.2) is 0 Å². The van der Waals surface area contributed by atoms with Gasteiger partial charge in [0.05, 0.1) is 19.6 Å². The summed E-state index contributed by atoms with van der Waals surface area (Å²) in [6.07, 6.45) is 3.99. The summed E-state index contributed by atoms with van der Waals surface area (Å²) in [6, 6.07) is 14.3. The largest absolute Gasteiger partial charge is 0.497 e. The molecule has 2 aromatic rings. The second-order valence-corrected chi connectivity index (χ2v) is 6.20. The molecule has 23 heavy (non-hydrogen) atoms. The molecule has 1 aliphatic rings. The summed E-state index contributed by atoms with van der Waals surface area (Å²) in [7, 11) is 1.64. The molecular formula is C20H23NO2. The van der Waals surface area contributed by atoms with Crippen LogP contribution in [0.15, 0.2) is 42.5 Å². The van der Waals surface area contributed by atoms with Gasteiger partial charge in [-0.15, -0.1) is 0 Å². The molecular weight excluding hydrogens is 286 g/mol. The Hall–Kier alpha value is -2.29. The van der Waals surface area contributed by atoms with Crippen molar-refractivity contribution in [2.45, 2.75) is 38.6 Å². The first-order valence-electron chi connectivity index (χ1n) is 8.19. The Kier molecular flexibility index (Phi) is 4.65. The first kappa shape index (κ1) is 15.6. The van der Waals surface area contributed by atoms with Crippen LogP contribution in [0, 0.1) is 0 Å². The molecule has 1 atom stereocenters. The number of nitrogens with one attached hydrogen (secondary N) is 1. The monoisotopic (exact) mass is 309 g/mol. The van der Waals surface area contributed by atoms with Crippen molar-refractivity contribution in [1.29, 1.82) is 0 Å². The number of ether oxygens (including phenoxy) is 1. The van der Waals surface area contributed by atoms with Gasteiger partial charge in [0.2, 0.25) is 5.91 Å². The average molecular weight is 309 g/mol. The molecule has 1 amide bonds. The summed E-state index contributed by atoms with van der Waals surface area (Å²) >= 11 is 0. The minimum atomic E-state index is 0.0339. The standard InChI is InChI=1S/C20H23NO2/c1-14(17-9-8-16-4-3-5-18(16)13-17)21-20(22)12-15-6-10-19(23-2)11-7-15/h6-11,13-14H,3-5,12H2,1-2H3,(H,21,22). The number of amides is 1. The zero-order chi connectivity index (χ0) is 16.2. The number of carbonyl (C=O) groups excluding carboxylic acids is 1. The lowest BCUT2D eigenvalue weighted by atomic mass is 10.0. The molecule has 1 aliphatic carbocycles. The van der Waals surface area contributed by atoms with E-state index in [-0.39, 0.29) is 11.9 Å². The molecule has 0 saturated heterocycles. The molecule has 2 aromatic carbocycles. The number of benzene rings is 2. The molecule has 3 heteroatoms. The van der Waals surface area contributed by atoms with Crippen molar-refractivity contribution in [3.63, 3.8) is 0 Å². The molecule has 0 spiro atoms. The molecule has 0 saturated carbocycles. The topological polar surface area (TPSA) is 38.3 Å². The molecule has 0 radical (unpaired) electrons. The van der Waals surface area contributed by atoms with Gasteiger partial charge in [-0.25, -0.2) is 0 Å². The van der Waals surface area contributed by atoms with Crippen LogP contribution < -0.4 is 10.1 Å². The predicted molar refractivity (Wildman–Crippen MR) is 91.7 cm³/mol. The fraction of sp³-hybridized carbons (Fsp3) is 0.350. The van der Waals surface area contributed by atoms with E-state index in [4.69, 9.17) is 4.74 Å². The number of methoxy groups -OCH3 is 1. The van der Waals surface area contributed by atoms with Crippen LogP contribution in [0.3, 0.4) is 0 Å². The molecule has 0 fully saturated rings. The Labute approximate surface area is 137 Å². The Morgan fingerprint density at radius 2 is 1.87 bits per heavy atom. The predicted octanol–water partition coefficient (Wildman–Crippen LogP) is 3.60. The lowest BCUT2D eigenvalue weighted by Gasteiger charge is -2.16. The molecule has 120 valence electrons. The van der Waals surface area contributed by atoms with Gasteiger partial charge in [0.25, 0.3) is 0 Å². The lowest BCUT2D eigenvalue weighted by Crippen LogP contribution is -2.28. The van der Waals surface area contributed by atoms with Crippen LogP contribution in [0.25, 0.3) is 0 Å². The zero-order valence-electron chi connectivity index (χ0n) is 13.8. The van der Waals surface area contributed by atoms with Crippen molar-refractivity contribution in [1.82, 2.24) is 5.32 Å². The first-order valence-corrected chi connectivity index (χ1v) is 8.19. The van der Waals surface area contributed by atoms with E-state index in [1.165, 1.54) is 29.5 Å². The highest BCUT2D eigenvalue weighted by atomic mass is 16.5. The molecule has 1 N–H and O–H groups in total. The van der Waals surface area contributed by atoms with Gasteiger partial charge in [-0.3, -0.25) is 4.79 Å². The number of carbonyl (C=O) groups is 1. The van der Waals surface area contributed by atoms with Gasteiger partial charge in [-0.1, -0.05) is 30.3 Å². The Bertz CT molecular complexity index is 691. The van der Waals surface area contributed by atoms with Gasteiger partial charge in [-0.05, 0) is 60.6 Å². The molecule has 3 nitrogen and oxygen atoms in total. The smallest absolute Gasteiger partial charge is 0.224 e. The summed E-state index contributed by atoms with van der Waals surface area (Å²) in [6.45, 7) is 2.04. The van der Waals surface area contributed by atoms with E-state index in [0.29, 0.717) is 6.42 Å². The van der Waals surface area contributed by atoms with E-state index in [1.807, 2.05) is 31.2 Å². The van der Waals surface area contributed by atoms with Gasteiger partial charge in [0.1, 0.15) is 5.75 Å². The highest BCUT2D eigenvalue weighted by Crippen LogP contribution is 2.25. The van der Waals surface area contributed by atoms with E-state index >= 15 is 0 Å². The van der Waals surface area contributed by atoms with Crippen molar-refractivity contribution in [3.05, 3.63) is 64.7 Å². The highest BCUT2D eigenvalue weighted by Gasteiger charge is 2.15. The van der Waals surface area contributed by atoms with Gasteiger partial charge in [-0.2, -0.15) is 0 Å². The molecule has 0 heterocycles. The van der Waals surface area contributed by atoms with Crippen LogP contribution in [0.1, 0.15) is 41.6 Å². The Balaban J connectivity index is 1.60. The summed E-state index contributed by atoms with van der Waals surface area (Å²) in [5, 5.41) is 3.09. The van der Waals surface area contributed by atoms with Crippen LogP contribution in [0.4, 0.5) is 0 Å². The Morgan fingerprint density at radius 1 is 1.13 bits per heavy atom. The lowest BCUT2D eigenvalue weighted by molar-refractivity contribution is -0.121. The number of fused-ring (bicyclic) bond motifs is 1. The summed E-state index contributed by atoms with van der Waals surface area (Å²) in [5.41, 5.74) is 5.09. The zero-order valence-corrected chi connectivity index (χ0v) is 13.8. The van der Waals surface area contributed by atoms with E-state index in [2.05, 4.69) is 23.5 Å². The van der Waals surface area contributed by atoms with Gasteiger partial charge < -0.3 is 10.1 Å². The van der Waals surface area contributed by atoms with Crippen molar-refractivity contribution < 1.29 is 9.53 Å². The molecule has 0 aliphatic heterocycles. The average Bonchev–Trinajstić information content (AvgIpc) is 3.03. The van der Waals surface area contributed by atoms with Crippen molar-refractivity contribution in [2.75, 3.05) is 7.11 Å². The van der Waals surface area contributed by atoms with Crippen molar-refractivity contribution in [3.8, 4) is 5.75 Å². The highest BCUT2D eigenvalue weighted by molar-refractivity contribution is 5.79. The quantitative estimate of drug-likeness (QED) is 0.916. The van der Waals surface area contributed by atoms with Crippen molar-refractivity contribution in [2.24, 2.45) is 0 Å². The molecule has 1 unspecified atom stereocenters. The summed E-state index contributed by atoms with van der Waals surface area (Å²) in [5.74, 6) is 0.851. The van der Waals surface area contributed by atoms with Crippen LogP contribution in [0.5, 0.6) is 5.75 Å². The third-order valence-electron chi connectivity index (χ3n) is 4.52. The molecule has 0 aromatic heterocycles. The summed E-state index contributed by atoms with van der Waals surface area (Å²) in [4.78, 5) is 12.2. The maximum absolute atomic E-state index is 12.2. The van der Waals surface area contributed by atoms with E-state index in [0.717, 1.165) is 17.7 Å². The Morgan fingerprint density at radius 3 is 2.61 bits per heavy atom. The fourth-order valence-corrected chi connectivity index (χ4v) is 3.17. The van der Waals surface area contributed by atoms with Gasteiger partial charge in [0, 0.05) is 0 Å². The maximum atomic E-state index is 12.2. The van der Waals surface area contributed by atoms with Gasteiger partial charge >= 0.3 is 0 Å².